The van der Waals surface area contributed by atoms with Gasteiger partial charge in [0.25, 0.3) is 11.7 Å². The Balaban J connectivity index is 3.26. The molecule has 1 rings (SSSR count). The molecule has 0 unspecified atom stereocenters. The van der Waals surface area contributed by atoms with Crippen LogP contribution in [0.2, 0.25) is 0 Å². The number of hydrogen-bond donors (Lipinski definition) is 1. The molecule has 13 heavy (non-hydrogen) atoms. The van der Waals surface area contributed by atoms with Crippen molar-refractivity contribution in [3.63, 3.8) is 0 Å². The number of methoxy groups -OCH3 is 1. The van der Waals surface area contributed by atoms with E-state index in [1.165, 1.54) is 0 Å². The molecule has 2 amide bonds. The second-order valence-corrected chi connectivity index (χ2v) is 2.38. The van der Waals surface area contributed by atoms with Gasteiger partial charge in [0.05, 0.1) is 7.11 Å². The highest BCUT2D eigenvalue weighted by molar-refractivity contribution is 6.47. The van der Waals surface area contributed by atoms with Gasteiger partial charge in [0.1, 0.15) is 0 Å². The van der Waals surface area contributed by atoms with Crippen molar-refractivity contribution in [3.8, 4) is 0 Å². The quantitative estimate of drug-likeness (QED) is 0.417. The molecular formula is C7H7NO5. The van der Waals surface area contributed by atoms with E-state index in [4.69, 9.17) is 5.11 Å². The van der Waals surface area contributed by atoms with E-state index in [9.17, 15) is 14.4 Å². The number of Topliss-reactive ketones (excluding diaryl/α,β-unsaturated/α-hetero) is 1. The van der Waals surface area contributed by atoms with Crippen molar-refractivity contribution in [2.75, 3.05) is 14.2 Å². The summed E-state index contributed by atoms with van der Waals surface area (Å²) in [5, 5.41) is 9.03. The first-order valence-electron chi connectivity index (χ1n) is 3.34. The largest absolute Gasteiger partial charge is 0.501 e. The number of imide groups is 1. The van der Waals surface area contributed by atoms with Crippen molar-refractivity contribution >= 4 is 17.6 Å². The minimum absolute atomic E-state index is 0.507. The Morgan fingerprint density at radius 1 is 1.23 bits per heavy atom. The summed E-state index contributed by atoms with van der Waals surface area (Å²) in [7, 11) is 2.26. The van der Waals surface area contributed by atoms with Gasteiger partial charge in [0, 0.05) is 7.05 Å². The minimum atomic E-state index is -1.14. The number of hydrogen-bond acceptors (Lipinski definition) is 5. The van der Waals surface area contributed by atoms with Crippen molar-refractivity contribution in [2.45, 2.75) is 0 Å². The van der Waals surface area contributed by atoms with Crippen LogP contribution in [0.3, 0.4) is 0 Å². The van der Waals surface area contributed by atoms with Crippen LogP contribution in [0.5, 0.6) is 0 Å². The molecule has 0 spiro atoms. The van der Waals surface area contributed by atoms with Gasteiger partial charge in [-0.2, -0.15) is 0 Å². The van der Waals surface area contributed by atoms with Crippen molar-refractivity contribution in [1.82, 2.24) is 4.90 Å². The molecule has 0 radical (unpaired) electrons. The Morgan fingerprint density at radius 2 is 1.77 bits per heavy atom. The van der Waals surface area contributed by atoms with Gasteiger partial charge in [-0.1, -0.05) is 0 Å². The highest BCUT2D eigenvalue weighted by Gasteiger charge is 2.38. The lowest BCUT2D eigenvalue weighted by molar-refractivity contribution is -0.152. The molecule has 0 atom stereocenters. The summed E-state index contributed by atoms with van der Waals surface area (Å²) < 4.78 is 4.47. The summed E-state index contributed by atoms with van der Waals surface area (Å²) in [6.07, 6.45) is 0. The van der Waals surface area contributed by atoms with Gasteiger partial charge in [-0.05, 0) is 0 Å². The molecule has 6 nitrogen and oxygen atoms in total. The first-order chi connectivity index (χ1) is 6.00. The third-order valence-corrected chi connectivity index (χ3v) is 1.63. The molecule has 0 aliphatic carbocycles. The first-order valence-corrected chi connectivity index (χ1v) is 3.34. The van der Waals surface area contributed by atoms with Crippen LogP contribution in [0.4, 0.5) is 0 Å². The second-order valence-electron chi connectivity index (χ2n) is 2.38. The lowest BCUT2D eigenvalue weighted by Gasteiger charge is -2.20. The van der Waals surface area contributed by atoms with Crippen LogP contribution in [0.1, 0.15) is 0 Å². The summed E-state index contributed by atoms with van der Waals surface area (Å²) in [5.74, 6) is -4.48. The molecule has 6 heteroatoms. The van der Waals surface area contributed by atoms with Gasteiger partial charge in [-0.3, -0.25) is 19.3 Å². The lowest BCUT2D eigenvalue weighted by Crippen LogP contribution is -2.45. The van der Waals surface area contributed by atoms with Gasteiger partial charge in [-0.25, -0.2) is 0 Å². The molecule has 0 bridgehead atoms. The maximum absolute atomic E-state index is 11.1. The maximum atomic E-state index is 11.1. The third-order valence-electron chi connectivity index (χ3n) is 1.63. The molecule has 1 aliphatic rings. The van der Waals surface area contributed by atoms with Crippen LogP contribution in [0.25, 0.3) is 0 Å². The van der Waals surface area contributed by atoms with Crippen molar-refractivity contribution < 1.29 is 24.2 Å². The number of nitrogens with zero attached hydrogens (tertiary/aromatic N) is 1. The van der Waals surface area contributed by atoms with E-state index in [0.29, 0.717) is 4.90 Å². The maximum Gasteiger partial charge on any atom is 0.305 e. The summed E-state index contributed by atoms with van der Waals surface area (Å²) >= 11 is 0. The Labute approximate surface area is 73.4 Å². The van der Waals surface area contributed by atoms with E-state index < -0.39 is 29.1 Å². The number of likely N-dealkylation sites (N-methyl/N-ethyl adjacent to an activating group) is 1. The Hall–Kier alpha value is -1.85. The summed E-state index contributed by atoms with van der Waals surface area (Å²) in [5.41, 5.74) is 0. The summed E-state index contributed by atoms with van der Waals surface area (Å²) in [4.78, 5) is 33.5. The van der Waals surface area contributed by atoms with E-state index in [1.807, 2.05) is 0 Å². The average Bonchev–Trinajstić information content (AvgIpc) is 2.13. The normalized spacial score (nSPS) is 18.3. The number of ketones is 1. The zero-order chi connectivity index (χ0) is 10.2. The predicted molar refractivity (Wildman–Crippen MR) is 39.4 cm³/mol. The molecular weight excluding hydrogens is 178 g/mol. The van der Waals surface area contributed by atoms with Gasteiger partial charge >= 0.3 is 5.91 Å². The predicted octanol–water partition coefficient (Wildman–Crippen LogP) is -1.03. The number of amides is 2. The monoisotopic (exact) mass is 185 g/mol. The van der Waals surface area contributed by atoms with Gasteiger partial charge in [0.2, 0.25) is 11.5 Å². The van der Waals surface area contributed by atoms with Crippen molar-refractivity contribution in [2.24, 2.45) is 0 Å². The van der Waals surface area contributed by atoms with Crippen molar-refractivity contribution in [1.29, 1.82) is 0 Å². The lowest BCUT2D eigenvalue weighted by atomic mass is 10.2. The molecule has 0 saturated carbocycles. The summed E-state index contributed by atoms with van der Waals surface area (Å²) in [6.45, 7) is 0. The SMILES string of the molecule is COC1=C(O)C(=O)C(=O)N(C)C1=O. The van der Waals surface area contributed by atoms with Crippen LogP contribution in [0.15, 0.2) is 11.5 Å². The summed E-state index contributed by atoms with van der Waals surface area (Å²) in [6, 6.07) is 0. The van der Waals surface area contributed by atoms with Crippen LogP contribution >= 0.6 is 0 Å². The molecule has 70 valence electrons. The van der Waals surface area contributed by atoms with E-state index >= 15 is 0 Å². The fraction of sp³-hybridized carbons (Fsp3) is 0.286. The number of carbonyl (C=O) groups excluding carboxylic acids is 3. The number of ether oxygens (including phenoxy) is 1. The number of aliphatic hydroxyl groups is 1. The molecule has 1 aliphatic heterocycles. The zero-order valence-electron chi connectivity index (χ0n) is 7.03. The second kappa shape index (κ2) is 2.89. The average molecular weight is 185 g/mol. The van der Waals surface area contributed by atoms with Gasteiger partial charge in [0.15, 0.2) is 0 Å². The van der Waals surface area contributed by atoms with Gasteiger partial charge < -0.3 is 9.84 Å². The highest BCUT2D eigenvalue weighted by atomic mass is 16.5. The fourth-order valence-corrected chi connectivity index (χ4v) is 0.887. The molecule has 0 aromatic carbocycles. The molecule has 0 aromatic heterocycles. The van der Waals surface area contributed by atoms with Crippen LogP contribution in [-0.4, -0.2) is 41.8 Å². The zero-order valence-corrected chi connectivity index (χ0v) is 7.03. The molecule has 0 aromatic rings. The first kappa shape index (κ1) is 9.24. The number of rotatable bonds is 1. The van der Waals surface area contributed by atoms with E-state index in [2.05, 4.69) is 4.74 Å². The smallest absolute Gasteiger partial charge is 0.305 e. The van der Waals surface area contributed by atoms with Crippen LogP contribution in [0, 0.1) is 0 Å². The number of carbonyl (C=O) groups is 3. The third kappa shape index (κ3) is 1.16. The Morgan fingerprint density at radius 3 is 2.23 bits per heavy atom. The molecule has 0 saturated heterocycles. The molecule has 1 N–H and O–H groups in total. The van der Waals surface area contributed by atoms with E-state index in [1.54, 1.807) is 0 Å². The molecule has 1 heterocycles. The molecule has 0 fully saturated rings. The van der Waals surface area contributed by atoms with Crippen LogP contribution < -0.4 is 0 Å². The highest BCUT2D eigenvalue weighted by Crippen LogP contribution is 2.14. The topological polar surface area (TPSA) is 83.9 Å². The van der Waals surface area contributed by atoms with Crippen LogP contribution in [-0.2, 0) is 19.1 Å². The van der Waals surface area contributed by atoms with E-state index in [0.717, 1.165) is 14.2 Å². The standard InChI is InChI=1S/C7H7NO5/c1-8-6(11)4(10)3(9)5(13-2)7(8)12/h9H,1-2H3. The Kier molecular flexibility index (Phi) is 2.05. The minimum Gasteiger partial charge on any atom is -0.501 e. The Bertz CT molecular complexity index is 330. The fourth-order valence-electron chi connectivity index (χ4n) is 0.887. The van der Waals surface area contributed by atoms with E-state index in [-0.39, 0.29) is 0 Å². The van der Waals surface area contributed by atoms with Gasteiger partial charge in [-0.15, -0.1) is 0 Å². The van der Waals surface area contributed by atoms with Crippen molar-refractivity contribution in [3.05, 3.63) is 11.5 Å². The number of aliphatic hydroxyl groups excluding tert-OH is 1.